The fraction of sp³-hybridized carbons (Fsp3) is 0.0571. The molecule has 2 nitrogen and oxygen atoms in total. The van der Waals surface area contributed by atoms with Crippen molar-refractivity contribution in [1.29, 1.82) is 0 Å². The lowest BCUT2D eigenvalue weighted by Crippen LogP contribution is -2.26. The van der Waals surface area contributed by atoms with E-state index in [9.17, 15) is 0 Å². The quantitative estimate of drug-likeness (QED) is 0.150. The van der Waals surface area contributed by atoms with Crippen molar-refractivity contribution in [3.63, 3.8) is 0 Å². The van der Waals surface area contributed by atoms with Crippen LogP contribution in [0.25, 0.3) is 55.6 Å². The highest BCUT2D eigenvalue weighted by Gasteiger charge is 2.53. The minimum absolute atomic E-state index is 0.175. The molecular weight excluding hydrogens is 869 g/mol. The van der Waals surface area contributed by atoms with Crippen molar-refractivity contribution < 1.29 is 0 Å². The summed E-state index contributed by atoms with van der Waals surface area (Å²) in [6, 6.07) is 99.1. The molecule has 2 heteroatoms. The Morgan fingerprint density at radius 2 is 0.653 bits per heavy atom. The molecule has 3 aliphatic carbocycles. The second-order valence-corrected chi connectivity index (χ2v) is 19.9. The molecule has 11 aromatic carbocycles. The Morgan fingerprint density at radius 3 is 1.28 bits per heavy atom. The molecular formula is C70H50N2. The number of hydrogen-bond donors (Lipinski definition) is 0. The van der Waals surface area contributed by atoms with Crippen LogP contribution in [0.3, 0.4) is 0 Å². The van der Waals surface area contributed by atoms with Crippen molar-refractivity contribution in [2.45, 2.75) is 24.7 Å². The molecule has 1 unspecified atom stereocenters. The van der Waals surface area contributed by atoms with Gasteiger partial charge in [0, 0.05) is 39.2 Å². The average Bonchev–Trinajstić information content (AvgIpc) is 4.00. The van der Waals surface area contributed by atoms with Gasteiger partial charge in [0.2, 0.25) is 0 Å². The summed E-state index contributed by atoms with van der Waals surface area (Å²) in [4.78, 5) is 5.01. The van der Waals surface area contributed by atoms with Gasteiger partial charge >= 0.3 is 0 Å². The summed E-state index contributed by atoms with van der Waals surface area (Å²) in [5.74, 6) is 0. The lowest BCUT2D eigenvalue weighted by molar-refractivity contribution is 0.660. The lowest BCUT2D eigenvalue weighted by atomic mass is 9.70. The van der Waals surface area contributed by atoms with E-state index in [1.165, 1.54) is 89.0 Å². The van der Waals surface area contributed by atoms with Gasteiger partial charge in [-0.15, -0.1) is 0 Å². The number of nitrogens with zero attached hydrogens (tertiary/aromatic N) is 2. The van der Waals surface area contributed by atoms with Crippen molar-refractivity contribution in [3.05, 3.63) is 300 Å². The van der Waals surface area contributed by atoms with Gasteiger partial charge < -0.3 is 9.80 Å². The molecule has 1 atom stereocenters. The molecule has 1 spiro atoms. The highest BCUT2D eigenvalue weighted by molar-refractivity contribution is 6.03. The van der Waals surface area contributed by atoms with Gasteiger partial charge in [0.15, 0.2) is 0 Å². The Bertz CT molecular complexity index is 3910. The Morgan fingerprint density at radius 1 is 0.250 bits per heavy atom. The van der Waals surface area contributed by atoms with Crippen LogP contribution >= 0.6 is 0 Å². The third-order valence-corrected chi connectivity index (χ3v) is 15.9. The smallest absolute Gasteiger partial charge is 0.0727 e. The molecule has 3 aliphatic rings. The molecule has 0 saturated carbocycles. The first-order chi connectivity index (χ1) is 35.5. The van der Waals surface area contributed by atoms with Crippen LogP contribution < -0.4 is 9.80 Å². The number of anilines is 6. The number of fused-ring (bicyclic) bond motifs is 13. The zero-order valence-corrected chi connectivity index (χ0v) is 40.3. The minimum atomic E-state index is -0.614. The van der Waals surface area contributed by atoms with Crippen LogP contribution in [0.15, 0.2) is 267 Å². The summed E-state index contributed by atoms with van der Waals surface area (Å²) >= 11 is 0. The van der Waals surface area contributed by atoms with Crippen molar-refractivity contribution >= 4 is 34.1 Å². The van der Waals surface area contributed by atoms with Crippen LogP contribution in [0, 0.1) is 0 Å². The number of benzene rings is 11. The minimum Gasteiger partial charge on any atom is -0.310 e. The van der Waals surface area contributed by atoms with Crippen LogP contribution in [0.1, 0.15) is 47.2 Å². The van der Waals surface area contributed by atoms with E-state index in [1.807, 2.05) is 0 Å². The van der Waals surface area contributed by atoms with Crippen LogP contribution in [-0.2, 0) is 10.8 Å². The number of para-hydroxylation sites is 3. The summed E-state index contributed by atoms with van der Waals surface area (Å²) in [5, 5.41) is 0. The molecule has 72 heavy (non-hydrogen) atoms. The predicted molar refractivity (Wildman–Crippen MR) is 301 cm³/mol. The predicted octanol–water partition coefficient (Wildman–Crippen LogP) is 18.6. The lowest BCUT2D eigenvalue weighted by Gasteiger charge is -2.34. The maximum absolute atomic E-state index is 2.56. The molecule has 0 fully saturated rings. The van der Waals surface area contributed by atoms with E-state index in [0.29, 0.717) is 0 Å². The maximum atomic E-state index is 2.56. The highest BCUT2D eigenvalue weighted by Crippen LogP contribution is 2.66. The van der Waals surface area contributed by atoms with Crippen LogP contribution in [0.5, 0.6) is 0 Å². The SMILES string of the molecule is CC1(C)c2ccccc2-c2ccc(N(c3ccccc3-c3ccccc3)c3cccc4c3-c3ccccc3C43c4ccccc4-c4ccc(N(c5ccccc5)c5ccccc5-c5ccccc5)cc43)cc21. The molecule has 11 aromatic rings. The molecule has 0 saturated heterocycles. The zero-order valence-electron chi connectivity index (χ0n) is 40.3. The van der Waals surface area contributed by atoms with Gasteiger partial charge in [-0.1, -0.05) is 226 Å². The topological polar surface area (TPSA) is 6.48 Å². The maximum Gasteiger partial charge on any atom is 0.0727 e. The zero-order chi connectivity index (χ0) is 48.0. The third-order valence-electron chi connectivity index (χ3n) is 15.9. The van der Waals surface area contributed by atoms with Gasteiger partial charge in [-0.05, 0) is 127 Å². The number of rotatable bonds is 8. The monoisotopic (exact) mass is 918 g/mol. The molecule has 0 bridgehead atoms. The Balaban J connectivity index is 1.04. The Kier molecular flexibility index (Phi) is 9.50. The summed E-state index contributed by atoms with van der Waals surface area (Å²) < 4.78 is 0. The van der Waals surface area contributed by atoms with Gasteiger partial charge in [-0.2, -0.15) is 0 Å². The first kappa shape index (κ1) is 41.9. The van der Waals surface area contributed by atoms with Crippen LogP contribution in [0.2, 0.25) is 0 Å². The van der Waals surface area contributed by atoms with Gasteiger partial charge in [-0.25, -0.2) is 0 Å². The molecule has 14 rings (SSSR count). The largest absolute Gasteiger partial charge is 0.310 e. The van der Waals surface area contributed by atoms with Crippen LogP contribution in [-0.4, -0.2) is 0 Å². The van der Waals surface area contributed by atoms with E-state index in [0.717, 1.165) is 34.1 Å². The van der Waals surface area contributed by atoms with Crippen molar-refractivity contribution in [1.82, 2.24) is 0 Å². The summed E-state index contributed by atoms with van der Waals surface area (Å²) in [7, 11) is 0. The van der Waals surface area contributed by atoms with Crippen molar-refractivity contribution in [2.75, 3.05) is 9.80 Å². The van der Waals surface area contributed by atoms with E-state index in [4.69, 9.17) is 0 Å². The summed E-state index contributed by atoms with van der Waals surface area (Å²) in [6.45, 7) is 4.76. The average molecular weight is 919 g/mol. The van der Waals surface area contributed by atoms with Crippen molar-refractivity contribution in [2.24, 2.45) is 0 Å². The van der Waals surface area contributed by atoms with Crippen molar-refractivity contribution in [3.8, 4) is 55.6 Å². The van der Waals surface area contributed by atoms with Gasteiger partial charge in [0.1, 0.15) is 0 Å². The van der Waals surface area contributed by atoms with E-state index >= 15 is 0 Å². The molecule has 0 aliphatic heterocycles. The van der Waals surface area contributed by atoms with E-state index < -0.39 is 5.41 Å². The first-order valence-corrected chi connectivity index (χ1v) is 25.2. The molecule has 0 N–H and O–H groups in total. The Hall–Kier alpha value is -8.98. The fourth-order valence-electron chi connectivity index (χ4n) is 12.8. The molecule has 0 aromatic heterocycles. The second kappa shape index (κ2) is 16.3. The van der Waals surface area contributed by atoms with Gasteiger partial charge in [0.05, 0.1) is 22.5 Å². The molecule has 0 amide bonds. The second-order valence-electron chi connectivity index (χ2n) is 19.9. The Labute approximate surface area is 422 Å². The fourth-order valence-corrected chi connectivity index (χ4v) is 12.8. The summed E-state index contributed by atoms with van der Waals surface area (Å²) in [5.41, 5.74) is 26.3. The third kappa shape index (κ3) is 6.09. The first-order valence-electron chi connectivity index (χ1n) is 25.2. The number of hydrogen-bond acceptors (Lipinski definition) is 2. The van der Waals surface area contributed by atoms with Gasteiger partial charge in [0.25, 0.3) is 0 Å². The van der Waals surface area contributed by atoms with Crippen LogP contribution in [0.4, 0.5) is 34.1 Å². The van der Waals surface area contributed by atoms with Gasteiger partial charge in [-0.3, -0.25) is 0 Å². The van der Waals surface area contributed by atoms with E-state index in [1.54, 1.807) is 0 Å². The normalized spacial score (nSPS) is 15.0. The summed E-state index contributed by atoms with van der Waals surface area (Å²) in [6.07, 6.45) is 0. The van der Waals surface area contributed by atoms with E-state index in [2.05, 4.69) is 291 Å². The highest BCUT2D eigenvalue weighted by atomic mass is 15.2. The van der Waals surface area contributed by atoms with E-state index in [-0.39, 0.29) is 5.41 Å². The standard InChI is InChI=1S/C70H50N2/c1-69(2)59-34-17-12-31-54(59)56-43-42-51(45-63(56)69)72(66-39-21-16-30-53(66)48-25-8-4-9-26-48)67-40-22-37-62-68(67)58-33-14-19-36-61(58)70(62)60-35-18-13-32-55(60)57-44-41-50(46-64(57)70)71(49-27-10-5-11-28-49)65-38-20-15-29-52(65)47-23-6-3-7-24-47/h3-46H,1-2H3. The molecule has 340 valence electrons. The molecule has 0 heterocycles. The molecule has 0 radical (unpaired) electrons.